The van der Waals surface area contributed by atoms with Crippen LogP contribution in [0.4, 0.5) is 4.39 Å². The van der Waals surface area contributed by atoms with Gasteiger partial charge in [0, 0.05) is 25.1 Å². The summed E-state index contributed by atoms with van der Waals surface area (Å²) in [6, 6.07) is 6.30. The summed E-state index contributed by atoms with van der Waals surface area (Å²) in [6.45, 7) is 3.12. The first kappa shape index (κ1) is 13.5. The van der Waals surface area contributed by atoms with Crippen LogP contribution >= 0.6 is 0 Å². The highest BCUT2D eigenvalue weighted by Gasteiger charge is 2.29. The van der Waals surface area contributed by atoms with Gasteiger partial charge in [-0.25, -0.2) is 4.39 Å². The molecule has 1 aromatic carbocycles. The molecule has 1 aliphatic heterocycles. The van der Waals surface area contributed by atoms with Crippen LogP contribution in [0.15, 0.2) is 18.2 Å². The largest absolute Gasteiger partial charge is 0.338 e. The van der Waals surface area contributed by atoms with Gasteiger partial charge in [-0.3, -0.25) is 4.79 Å². The van der Waals surface area contributed by atoms with E-state index in [4.69, 9.17) is 5.26 Å². The third kappa shape index (κ3) is 3.11. The molecule has 1 amide bonds. The molecule has 1 heterocycles. The minimum absolute atomic E-state index is 0.0993. The molecule has 4 heteroatoms. The third-order valence-corrected chi connectivity index (χ3v) is 3.53. The Bertz CT molecular complexity index is 521. The predicted octanol–water partition coefficient (Wildman–Crippen LogP) is 2.85. The monoisotopic (exact) mass is 260 g/mol. The fourth-order valence-electron chi connectivity index (χ4n) is 2.56. The van der Waals surface area contributed by atoms with Gasteiger partial charge in [0.15, 0.2) is 0 Å². The van der Waals surface area contributed by atoms with Crippen molar-refractivity contribution < 1.29 is 9.18 Å². The SMILES string of the molecule is CCCC1CC(=O)N(Cc2ccc(C#N)cc2F)C1. The third-order valence-electron chi connectivity index (χ3n) is 3.53. The number of halogens is 1. The molecule has 1 saturated heterocycles. The molecule has 3 nitrogen and oxygen atoms in total. The number of carbonyl (C=O) groups excluding carboxylic acids is 1. The van der Waals surface area contributed by atoms with Crippen LogP contribution in [0, 0.1) is 23.1 Å². The first-order valence-electron chi connectivity index (χ1n) is 6.60. The minimum Gasteiger partial charge on any atom is -0.338 e. The van der Waals surface area contributed by atoms with Crippen LogP contribution in [0.5, 0.6) is 0 Å². The number of likely N-dealkylation sites (tertiary alicyclic amines) is 1. The zero-order valence-electron chi connectivity index (χ0n) is 11.0. The standard InChI is InChI=1S/C15H17FN2O/c1-2-3-12-7-15(19)18(9-12)10-13-5-4-11(8-17)6-14(13)16/h4-6,12H,2-3,7,9-10H2,1H3. The zero-order valence-corrected chi connectivity index (χ0v) is 11.0. The van der Waals surface area contributed by atoms with Gasteiger partial charge >= 0.3 is 0 Å². The van der Waals surface area contributed by atoms with E-state index < -0.39 is 5.82 Å². The quantitative estimate of drug-likeness (QED) is 0.835. The van der Waals surface area contributed by atoms with Crippen molar-refractivity contribution in [1.82, 2.24) is 4.90 Å². The number of nitriles is 1. The Morgan fingerprint density at radius 1 is 1.53 bits per heavy atom. The molecule has 2 rings (SSSR count). The number of hydrogen-bond donors (Lipinski definition) is 0. The van der Waals surface area contributed by atoms with Gasteiger partial charge in [0.25, 0.3) is 0 Å². The molecule has 1 fully saturated rings. The molecule has 0 aliphatic carbocycles. The van der Waals surface area contributed by atoms with Crippen molar-refractivity contribution in [3.8, 4) is 6.07 Å². The van der Waals surface area contributed by atoms with Crippen LogP contribution in [0.1, 0.15) is 37.3 Å². The lowest BCUT2D eigenvalue weighted by Gasteiger charge is -2.17. The van der Waals surface area contributed by atoms with Gasteiger partial charge < -0.3 is 4.90 Å². The molecular formula is C15H17FN2O. The van der Waals surface area contributed by atoms with Crippen molar-refractivity contribution in [2.24, 2.45) is 5.92 Å². The van der Waals surface area contributed by atoms with Gasteiger partial charge in [-0.05, 0) is 24.5 Å². The topological polar surface area (TPSA) is 44.1 Å². The van der Waals surface area contributed by atoms with Crippen molar-refractivity contribution in [1.29, 1.82) is 5.26 Å². The highest BCUT2D eigenvalue weighted by Crippen LogP contribution is 2.24. The van der Waals surface area contributed by atoms with Crippen molar-refractivity contribution >= 4 is 5.91 Å². The molecule has 1 aliphatic rings. The van der Waals surface area contributed by atoms with Gasteiger partial charge in [-0.15, -0.1) is 0 Å². The van der Waals surface area contributed by atoms with Gasteiger partial charge in [0.05, 0.1) is 11.6 Å². The molecule has 100 valence electrons. The molecule has 19 heavy (non-hydrogen) atoms. The van der Waals surface area contributed by atoms with E-state index in [2.05, 4.69) is 6.92 Å². The van der Waals surface area contributed by atoms with Crippen LogP contribution < -0.4 is 0 Å². The predicted molar refractivity (Wildman–Crippen MR) is 69.5 cm³/mol. The van der Waals surface area contributed by atoms with E-state index in [0.717, 1.165) is 12.8 Å². The number of rotatable bonds is 4. The summed E-state index contributed by atoms with van der Waals surface area (Å²) in [5, 5.41) is 8.69. The second kappa shape index (κ2) is 5.83. The van der Waals surface area contributed by atoms with Gasteiger partial charge in [0.2, 0.25) is 5.91 Å². The molecule has 0 aromatic heterocycles. The molecule has 1 aromatic rings. The lowest BCUT2D eigenvalue weighted by Crippen LogP contribution is -2.25. The lowest BCUT2D eigenvalue weighted by atomic mass is 10.0. The van der Waals surface area contributed by atoms with Crippen LogP contribution in [0.2, 0.25) is 0 Å². The lowest BCUT2D eigenvalue weighted by molar-refractivity contribution is -0.128. The van der Waals surface area contributed by atoms with E-state index in [1.54, 1.807) is 17.0 Å². The van der Waals surface area contributed by atoms with E-state index in [-0.39, 0.29) is 5.91 Å². The van der Waals surface area contributed by atoms with E-state index in [1.165, 1.54) is 6.07 Å². The first-order chi connectivity index (χ1) is 9.13. The fraction of sp³-hybridized carbons (Fsp3) is 0.467. The first-order valence-corrected chi connectivity index (χ1v) is 6.60. The second-order valence-electron chi connectivity index (χ2n) is 5.05. The Labute approximate surface area is 112 Å². The summed E-state index contributed by atoms with van der Waals surface area (Å²) >= 11 is 0. The minimum atomic E-state index is -0.411. The average molecular weight is 260 g/mol. The maximum Gasteiger partial charge on any atom is 0.223 e. The Kier molecular flexibility index (Phi) is 4.16. The number of nitrogens with zero attached hydrogens (tertiary/aromatic N) is 2. The molecule has 0 N–H and O–H groups in total. The van der Waals surface area contributed by atoms with Crippen molar-refractivity contribution in [2.45, 2.75) is 32.7 Å². The Hall–Kier alpha value is -1.89. The van der Waals surface area contributed by atoms with Crippen LogP contribution in [-0.4, -0.2) is 17.4 Å². The summed E-state index contributed by atoms with van der Waals surface area (Å²) in [6.07, 6.45) is 2.68. The van der Waals surface area contributed by atoms with E-state index in [1.807, 2.05) is 6.07 Å². The van der Waals surface area contributed by atoms with Gasteiger partial charge in [-0.1, -0.05) is 19.4 Å². The summed E-state index contributed by atoms with van der Waals surface area (Å²) in [7, 11) is 0. The van der Waals surface area contributed by atoms with Gasteiger partial charge in [0.1, 0.15) is 5.82 Å². The van der Waals surface area contributed by atoms with E-state index in [9.17, 15) is 9.18 Å². The maximum atomic E-state index is 13.8. The molecule has 0 spiro atoms. The summed E-state index contributed by atoms with van der Waals surface area (Å²) in [5.41, 5.74) is 0.780. The Balaban J connectivity index is 2.06. The fourth-order valence-corrected chi connectivity index (χ4v) is 2.56. The van der Waals surface area contributed by atoms with Crippen LogP contribution in [0.25, 0.3) is 0 Å². The normalized spacial score (nSPS) is 18.7. The summed E-state index contributed by atoms with van der Waals surface area (Å²) < 4.78 is 13.8. The average Bonchev–Trinajstić information content (AvgIpc) is 2.73. The molecular weight excluding hydrogens is 243 g/mol. The Morgan fingerprint density at radius 3 is 2.95 bits per heavy atom. The van der Waals surface area contributed by atoms with Gasteiger partial charge in [-0.2, -0.15) is 5.26 Å². The van der Waals surface area contributed by atoms with E-state index in [0.29, 0.717) is 36.6 Å². The Morgan fingerprint density at radius 2 is 2.32 bits per heavy atom. The number of hydrogen-bond acceptors (Lipinski definition) is 2. The number of benzene rings is 1. The maximum absolute atomic E-state index is 13.8. The molecule has 1 atom stereocenters. The zero-order chi connectivity index (χ0) is 13.8. The van der Waals surface area contributed by atoms with Crippen molar-refractivity contribution in [3.05, 3.63) is 35.1 Å². The highest BCUT2D eigenvalue weighted by molar-refractivity contribution is 5.78. The van der Waals surface area contributed by atoms with Crippen molar-refractivity contribution in [3.63, 3.8) is 0 Å². The number of carbonyl (C=O) groups is 1. The number of amides is 1. The van der Waals surface area contributed by atoms with Crippen molar-refractivity contribution in [2.75, 3.05) is 6.54 Å². The van der Waals surface area contributed by atoms with Crippen LogP contribution in [0.3, 0.4) is 0 Å². The highest BCUT2D eigenvalue weighted by atomic mass is 19.1. The summed E-state index contributed by atoms with van der Waals surface area (Å²) in [4.78, 5) is 13.6. The molecule has 0 bridgehead atoms. The molecule has 0 radical (unpaired) electrons. The summed E-state index contributed by atoms with van der Waals surface area (Å²) in [5.74, 6) is 0.0898. The second-order valence-corrected chi connectivity index (χ2v) is 5.05. The smallest absolute Gasteiger partial charge is 0.223 e. The molecule has 1 unspecified atom stereocenters. The van der Waals surface area contributed by atoms with E-state index >= 15 is 0 Å². The molecule has 0 saturated carbocycles. The van der Waals surface area contributed by atoms with Crippen LogP contribution in [-0.2, 0) is 11.3 Å².